The number of hydrogen-bond donors (Lipinski definition) is 1. The number of imidazole rings is 1. The van der Waals surface area contributed by atoms with Gasteiger partial charge in [0, 0.05) is 0 Å². The summed E-state index contributed by atoms with van der Waals surface area (Å²) in [5.74, 6) is 0. The van der Waals surface area contributed by atoms with Gasteiger partial charge in [0.2, 0.25) is 0 Å². The molecule has 20 heavy (non-hydrogen) atoms. The van der Waals surface area contributed by atoms with Crippen molar-refractivity contribution in [1.82, 2.24) is 14.9 Å². The molecule has 5 nitrogen and oxygen atoms in total. The first-order valence-electron chi connectivity index (χ1n) is 6.50. The first kappa shape index (κ1) is 16.4. The number of halogens is 2. The molecule has 0 unspecified atom stereocenters. The van der Waals surface area contributed by atoms with Crippen LogP contribution < -0.4 is 5.32 Å². The van der Waals surface area contributed by atoms with E-state index in [2.05, 4.69) is 10.3 Å². The molecule has 1 amide bonds. The molecule has 7 heteroatoms. The molecule has 1 aromatic rings. The van der Waals surface area contributed by atoms with Crippen molar-refractivity contribution in [2.75, 3.05) is 0 Å². The van der Waals surface area contributed by atoms with Crippen molar-refractivity contribution in [3.05, 3.63) is 18.2 Å². The second kappa shape index (κ2) is 6.67. The summed E-state index contributed by atoms with van der Waals surface area (Å²) in [6.07, 6.45) is 0.319. The number of nitrogens with one attached hydrogen (secondary N) is 1. The van der Waals surface area contributed by atoms with E-state index >= 15 is 0 Å². The highest BCUT2D eigenvalue weighted by atomic mass is 19.3. The topological polar surface area (TPSA) is 56.1 Å². The molecule has 0 bridgehead atoms. The minimum Gasteiger partial charge on any atom is -0.444 e. The number of alkyl carbamates (subject to hydrolysis) is 1. The van der Waals surface area contributed by atoms with Gasteiger partial charge in [-0.25, -0.2) is 18.6 Å². The van der Waals surface area contributed by atoms with Crippen LogP contribution in [0.5, 0.6) is 0 Å². The first-order valence-corrected chi connectivity index (χ1v) is 6.50. The number of carbonyl (C=O) groups excluding carboxylic acids is 1. The molecule has 0 aliphatic carbocycles. The lowest BCUT2D eigenvalue weighted by molar-refractivity contribution is 0.0499. The summed E-state index contributed by atoms with van der Waals surface area (Å²) < 4.78 is 31.4. The summed E-state index contributed by atoms with van der Waals surface area (Å²) in [6.45, 7) is 6.68. The van der Waals surface area contributed by atoms with Gasteiger partial charge in [-0.05, 0) is 27.2 Å². The Morgan fingerprint density at radius 3 is 2.65 bits per heavy atom. The summed E-state index contributed by atoms with van der Waals surface area (Å²) in [6, 6.07) is -0.411. The van der Waals surface area contributed by atoms with E-state index in [4.69, 9.17) is 4.74 Å². The normalized spacial score (nSPS) is 13.3. The van der Waals surface area contributed by atoms with E-state index in [0.29, 0.717) is 12.1 Å². The molecule has 1 N–H and O–H groups in total. The van der Waals surface area contributed by atoms with Crippen molar-refractivity contribution >= 4 is 6.09 Å². The van der Waals surface area contributed by atoms with Gasteiger partial charge in [0.1, 0.15) is 5.60 Å². The van der Waals surface area contributed by atoms with Crippen LogP contribution in [0.15, 0.2) is 12.5 Å². The van der Waals surface area contributed by atoms with Crippen LogP contribution >= 0.6 is 0 Å². The fourth-order valence-corrected chi connectivity index (χ4v) is 1.76. The maximum absolute atomic E-state index is 12.5. The van der Waals surface area contributed by atoms with Crippen molar-refractivity contribution in [3.8, 4) is 0 Å². The molecule has 1 heterocycles. The highest BCUT2D eigenvalue weighted by Gasteiger charge is 2.22. The molecular formula is C13H21F2N3O2. The zero-order valence-corrected chi connectivity index (χ0v) is 12.2. The first-order chi connectivity index (χ1) is 9.23. The standard InChI is InChI=1S/C13H21F2N3O2/c1-5-9(17-12(19)20-13(2,3)4)10-6-16-8-18(10)7-11(14)15/h6,8-9,11H,5,7H2,1-4H3,(H,17,19)/t9-/m1/s1. The summed E-state index contributed by atoms with van der Waals surface area (Å²) in [5.41, 5.74) is -0.0651. The number of alkyl halides is 2. The van der Waals surface area contributed by atoms with Gasteiger partial charge in [0.15, 0.2) is 0 Å². The van der Waals surface area contributed by atoms with Crippen molar-refractivity contribution in [2.45, 2.75) is 58.7 Å². The highest BCUT2D eigenvalue weighted by molar-refractivity contribution is 5.68. The number of ether oxygens (including phenoxy) is 1. The maximum Gasteiger partial charge on any atom is 0.408 e. The van der Waals surface area contributed by atoms with Gasteiger partial charge in [0.05, 0.1) is 30.8 Å². The Morgan fingerprint density at radius 2 is 2.15 bits per heavy atom. The van der Waals surface area contributed by atoms with E-state index in [0.717, 1.165) is 0 Å². The SMILES string of the molecule is CC[C@@H](NC(=O)OC(C)(C)C)c1cncn1CC(F)F. The average Bonchev–Trinajstić information content (AvgIpc) is 2.70. The lowest BCUT2D eigenvalue weighted by Crippen LogP contribution is -2.35. The Morgan fingerprint density at radius 1 is 1.50 bits per heavy atom. The Kier molecular flexibility index (Phi) is 5.47. The molecule has 0 spiro atoms. The van der Waals surface area contributed by atoms with Crippen LogP contribution in [0, 0.1) is 0 Å². The molecule has 0 aliphatic heterocycles. The van der Waals surface area contributed by atoms with Gasteiger partial charge in [-0.3, -0.25) is 0 Å². The highest BCUT2D eigenvalue weighted by Crippen LogP contribution is 2.18. The van der Waals surface area contributed by atoms with Crippen molar-refractivity contribution in [1.29, 1.82) is 0 Å². The minimum atomic E-state index is -2.47. The molecule has 0 saturated heterocycles. The van der Waals surface area contributed by atoms with Crippen LogP contribution in [0.4, 0.5) is 13.6 Å². The summed E-state index contributed by atoms with van der Waals surface area (Å²) in [4.78, 5) is 15.6. The number of amides is 1. The fraction of sp³-hybridized carbons (Fsp3) is 0.692. The minimum absolute atomic E-state index is 0.411. The van der Waals surface area contributed by atoms with Crippen LogP contribution in [-0.2, 0) is 11.3 Å². The predicted octanol–water partition coefficient (Wildman–Crippen LogP) is 3.12. The molecule has 0 radical (unpaired) electrons. The van der Waals surface area contributed by atoms with Crippen molar-refractivity contribution < 1.29 is 18.3 Å². The van der Waals surface area contributed by atoms with Crippen LogP contribution in [-0.4, -0.2) is 27.7 Å². The Labute approximate surface area is 117 Å². The predicted molar refractivity (Wildman–Crippen MR) is 70.6 cm³/mol. The zero-order chi connectivity index (χ0) is 15.3. The molecular weight excluding hydrogens is 268 g/mol. The molecule has 0 saturated carbocycles. The van der Waals surface area contributed by atoms with E-state index in [1.54, 1.807) is 20.8 Å². The Bertz CT molecular complexity index is 441. The van der Waals surface area contributed by atoms with Gasteiger partial charge in [-0.1, -0.05) is 6.92 Å². The van der Waals surface area contributed by atoms with E-state index in [9.17, 15) is 13.6 Å². The molecule has 114 valence electrons. The average molecular weight is 289 g/mol. The maximum atomic E-state index is 12.5. The van der Waals surface area contributed by atoms with Crippen LogP contribution in [0.3, 0.4) is 0 Å². The monoisotopic (exact) mass is 289 g/mol. The molecule has 1 aromatic heterocycles. The number of hydrogen-bond acceptors (Lipinski definition) is 3. The molecule has 1 rings (SSSR count). The number of aromatic nitrogens is 2. The Hall–Kier alpha value is -1.66. The quantitative estimate of drug-likeness (QED) is 0.906. The van der Waals surface area contributed by atoms with Crippen molar-refractivity contribution in [3.63, 3.8) is 0 Å². The van der Waals surface area contributed by atoms with Crippen LogP contribution in [0.2, 0.25) is 0 Å². The molecule has 0 aliphatic rings. The third-order valence-corrected chi connectivity index (χ3v) is 2.54. The van der Waals surface area contributed by atoms with E-state index in [1.165, 1.54) is 17.1 Å². The van der Waals surface area contributed by atoms with Gasteiger partial charge in [-0.15, -0.1) is 0 Å². The summed E-state index contributed by atoms with van der Waals surface area (Å²) in [7, 11) is 0. The second-order valence-electron chi connectivity index (χ2n) is 5.47. The van der Waals surface area contributed by atoms with Crippen LogP contribution in [0.1, 0.15) is 45.9 Å². The lowest BCUT2D eigenvalue weighted by Gasteiger charge is -2.23. The lowest BCUT2D eigenvalue weighted by atomic mass is 10.1. The van der Waals surface area contributed by atoms with E-state index in [1.807, 2.05) is 6.92 Å². The molecule has 0 aromatic carbocycles. The van der Waals surface area contributed by atoms with Gasteiger partial charge in [0.25, 0.3) is 6.43 Å². The largest absolute Gasteiger partial charge is 0.444 e. The van der Waals surface area contributed by atoms with Gasteiger partial charge >= 0.3 is 6.09 Å². The third-order valence-electron chi connectivity index (χ3n) is 2.54. The van der Waals surface area contributed by atoms with Crippen LogP contribution in [0.25, 0.3) is 0 Å². The number of carbonyl (C=O) groups is 1. The Balaban J connectivity index is 2.76. The third kappa shape index (κ3) is 5.14. The number of nitrogens with zero attached hydrogens (tertiary/aromatic N) is 2. The van der Waals surface area contributed by atoms with Crippen molar-refractivity contribution in [2.24, 2.45) is 0 Å². The van der Waals surface area contributed by atoms with E-state index < -0.39 is 30.7 Å². The summed E-state index contributed by atoms with van der Waals surface area (Å²) in [5, 5.41) is 2.67. The van der Waals surface area contributed by atoms with Gasteiger partial charge in [-0.2, -0.15) is 0 Å². The fourth-order valence-electron chi connectivity index (χ4n) is 1.76. The second-order valence-corrected chi connectivity index (χ2v) is 5.47. The summed E-state index contributed by atoms with van der Waals surface area (Å²) >= 11 is 0. The van der Waals surface area contributed by atoms with E-state index in [-0.39, 0.29) is 0 Å². The zero-order valence-electron chi connectivity index (χ0n) is 12.2. The molecule has 1 atom stereocenters. The number of rotatable bonds is 5. The van der Waals surface area contributed by atoms with Gasteiger partial charge < -0.3 is 14.6 Å². The molecule has 0 fully saturated rings. The smallest absolute Gasteiger partial charge is 0.408 e.